The molecule has 3 rings (SSSR count). The second-order valence-corrected chi connectivity index (χ2v) is 6.10. The van der Waals surface area contributed by atoms with Crippen LogP contribution in [0.5, 0.6) is 0 Å². The van der Waals surface area contributed by atoms with Crippen LogP contribution in [-0.2, 0) is 6.54 Å². The molecule has 1 saturated carbocycles. The first-order valence-corrected chi connectivity index (χ1v) is 7.54. The van der Waals surface area contributed by atoms with E-state index in [1.54, 1.807) is 0 Å². The Bertz CT molecular complexity index is 537. The highest BCUT2D eigenvalue weighted by Crippen LogP contribution is 2.28. The number of halogens is 1. The van der Waals surface area contributed by atoms with Crippen LogP contribution in [0.15, 0.2) is 18.3 Å². The summed E-state index contributed by atoms with van der Waals surface area (Å²) < 4.78 is 5.20. The van der Waals surface area contributed by atoms with Crippen molar-refractivity contribution in [3.05, 3.63) is 33.4 Å². The second kappa shape index (κ2) is 5.03. The molecule has 1 aliphatic carbocycles. The predicted octanol–water partition coefficient (Wildman–Crippen LogP) is 3.16. The summed E-state index contributed by atoms with van der Waals surface area (Å²) in [5.41, 5.74) is 2.29. The summed E-state index contributed by atoms with van der Waals surface area (Å²) in [7, 11) is 0. The molecule has 4 nitrogen and oxygen atoms in total. The van der Waals surface area contributed by atoms with E-state index in [-0.39, 0.29) is 0 Å². The summed E-state index contributed by atoms with van der Waals surface area (Å²) in [6.45, 7) is 2.86. The van der Waals surface area contributed by atoms with E-state index >= 15 is 0 Å². The zero-order chi connectivity index (χ0) is 12.5. The van der Waals surface area contributed by atoms with Crippen LogP contribution in [-0.4, -0.2) is 19.6 Å². The molecule has 18 heavy (non-hydrogen) atoms. The maximum atomic E-state index is 4.69. The fourth-order valence-electron chi connectivity index (χ4n) is 2.62. The normalized spacial score (nSPS) is 16.6. The van der Waals surface area contributed by atoms with Gasteiger partial charge in [0.1, 0.15) is 3.70 Å². The second-order valence-electron chi connectivity index (χ2n) is 4.99. The molecular weight excluding hydrogens is 339 g/mol. The van der Waals surface area contributed by atoms with E-state index in [1.165, 1.54) is 31.4 Å². The fourth-order valence-corrected chi connectivity index (χ4v) is 3.33. The summed E-state index contributed by atoms with van der Waals surface area (Å²) in [5.74, 6) is 0. The van der Waals surface area contributed by atoms with Gasteiger partial charge in [0, 0.05) is 11.9 Å². The number of hydrogen-bond donors (Lipinski definition) is 0. The molecule has 0 atom stereocenters. The van der Waals surface area contributed by atoms with Crippen molar-refractivity contribution in [2.75, 3.05) is 0 Å². The maximum Gasteiger partial charge on any atom is 0.123 e. The first kappa shape index (κ1) is 12.2. The molecule has 5 heteroatoms. The van der Waals surface area contributed by atoms with Crippen molar-refractivity contribution in [3.8, 4) is 0 Å². The van der Waals surface area contributed by atoms with Crippen molar-refractivity contribution in [2.24, 2.45) is 0 Å². The Morgan fingerprint density at radius 3 is 2.78 bits per heavy atom. The average molecular weight is 356 g/mol. The van der Waals surface area contributed by atoms with Gasteiger partial charge in [-0.15, -0.1) is 0 Å². The van der Waals surface area contributed by atoms with Crippen molar-refractivity contribution in [1.82, 2.24) is 19.6 Å². The molecule has 0 N–H and O–H groups in total. The van der Waals surface area contributed by atoms with E-state index < -0.39 is 0 Å². The monoisotopic (exact) mass is 356 g/mol. The summed E-state index contributed by atoms with van der Waals surface area (Å²) in [6.07, 6.45) is 7.36. The van der Waals surface area contributed by atoms with Crippen molar-refractivity contribution in [3.63, 3.8) is 0 Å². The molecule has 0 amide bonds. The van der Waals surface area contributed by atoms with Crippen LogP contribution in [0.2, 0.25) is 0 Å². The van der Waals surface area contributed by atoms with Crippen LogP contribution >= 0.6 is 22.6 Å². The lowest BCUT2D eigenvalue weighted by atomic mass is 10.3. The van der Waals surface area contributed by atoms with Crippen molar-refractivity contribution < 1.29 is 0 Å². The van der Waals surface area contributed by atoms with Crippen LogP contribution in [0.25, 0.3) is 0 Å². The summed E-state index contributed by atoms with van der Waals surface area (Å²) >= 11 is 2.25. The van der Waals surface area contributed by atoms with Crippen LogP contribution in [0.1, 0.15) is 43.1 Å². The molecule has 2 aromatic heterocycles. The minimum atomic E-state index is 0.623. The zero-order valence-corrected chi connectivity index (χ0v) is 12.7. The van der Waals surface area contributed by atoms with Gasteiger partial charge in [-0.2, -0.15) is 10.2 Å². The lowest BCUT2D eigenvalue weighted by Crippen LogP contribution is -2.08. The number of rotatable bonds is 3. The molecule has 0 bridgehead atoms. The third-order valence-electron chi connectivity index (χ3n) is 3.63. The molecule has 0 radical (unpaired) electrons. The quantitative estimate of drug-likeness (QED) is 0.792. The molecule has 2 heterocycles. The Morgan fingerprint density at radius 1 is 1.33 bits per heavy atom. The van der Waals surface area contributed by atoms with E-state index in [1.807, 2.05) is 4.68 Å². The highest BCUT2D eigenvalue weighted by Gasteiger charge is 2.17. The highest BCUT2D eigenvalue weighted by atomic mass is 127. The number of hydrogen-bond acceptors (Lipinski definition) is 2. The van der Waals surface area contributed by atoms with E-state index in [4.69, 9.17) is 5.10 Å². The van der Waals surface area contributed by atoms with Gasteiger partial charge in [0.05, 0.1) is 18.3 Å². The smallest absolute Gasteiger partial charge is 0.123 e. The van der Waals surface area contributed by atoms with Crippen LogP contribution < -0.4 is 0 Å². The molecule has 1 aliphatic rings. The first-order chi connectivity index (χ1) is 8.72. The maximum absolute atomic E-state index is 4.69. The Labute approximate surface area is 121 Å². The van der Waals surface area contributed by atoms with Crippen molar-refractivity contribution in [1.29, 1.82) is 0 Å². The lowest BCUT2D eigenvalue weighted by molar-refractivity contribution is 0.460. The van der Waals surface area contributed by atoms with Crippen molar-refractivity contribution in [2.45, 2.75) is 45.2 Å². The van der Waals surface area contributed by atoms with Crippen LogP contribution in [0.4, 0.5) is 0 Å². The Hall–Kier alpha value is -0.850. The van der Waals surface area contributed by atoms with Gasteiger partial charge in [0.25, 0.3) is 0 Å². The molecule has 0 aliphatic heterocycles. The van der Waals surface area contributed by atoms with E-state index in [0.29, 0.717) is 6.04 Å². The molecular formula is C13H17IN4. The summed E-state index contributed by atoms with van der Waals surface area (Å²) in [6, 6.07) is 4.83. The molecule has 0 saturated heterocycles. The zero-order valence-electron chi connectivity index (χ0n) is 10.5. The lowest BCUT2D eigenvalue weighted by Gasteiger charge is -2.09. The van der Waals surface area contributed by atoms with Gasteiger partial charge < -0.3 is 0 Å². The molecule has 1 fully saturated rings. The van der Waals surface area contributed by atoms with E-state index in [9.17, 15) is 0 Å². The first-order valence-electron chi connectivity index (χ1n) is 6.46. The summed E-state index contributed by atoms with van der Waals surface area (Å²) in [5, 5.41) is 9.16. The van der Waals surface area contributed by atoms with E-state index in [2.05, 4.69) is 57.6 Å². The van der Waals surface area contributed by atoms with Gasteiger partial charge in [-0.25, -0.2) is 0 Å². The van der Waals surface area contributed by atoms with Gasteiger partial charge in [-0.1, -0.05) is 12.8 Å². The number of aromatic nitrogens is 4. The van der Waals surface area contributed by atoms with Crippen molar-refractivity contribution >= 4 is 22.6 Å². The minimum Gasteiger partial charge on any atom is -0.269 e. The summed E-state index contributed by atoms with van der Waals surface area (Å²) in [4.78, 5) is 0. The Morgan fingerprint density at radius 2 is 2.11 bits per heavy atom. The van der Waals surface area contributed by atoms with E-state index in [0.717, 1.165) is 15.9 Å². The largest absolute Gasteiger partial charge is 0.269 e. The highest BCUT2D eigenvalue weighted by molar-refractivity contribution is 14.1. The number of nitrogens with zero attached hydrogens (tertiary/aromatic N) is 4. The topological polar surface area (TPSA) is 35.6 Å². The third-order valence-corrected chi connectivity index (χ3v) is 4.15. The Balaban J connectivity index is 1.75. The van der Waals surface area contributed by atoms with Crippen LogP contribution in [0.3, 0.4) is 0 Å². The van der Waals surface area contributed by atoms with Gasteiger partial charge in [-0.05, 0) is 54.5 Å². The molecule has 0 spiro atoms. The minimum absolute atomic E-state index is 0.623. The Kier molecular flexibility index (Phi) is 3.41. The van der Waals surface area contributed by atoms with Gasteiger partial charge >= 0.3 is 0 Å². The van der Waals surface area contributed by atoms with Gasteiger partial charge in [-0.3, -0.25) is 9.36 Å². The third kappa shape index (κ3) is 2.46. The fraction of sp³-hybridized carbons (Fsp3) is 0.538. The molecule has 0 aromatic carbocycles. The number of aryl methyl sites for hydroxylation is 1. The van der Waals surface area contributed by atoms with Gasteiger partial charge in [0.15, 0.2) is 0 Å². The SMILES string of the molecule is Cc1cc(I)nn1Cc1ccn(C2CCCC2)n1. The van der Waals surface area contributed by atoms with Gasteiger partial charge in [0.2, 0.25) is 0 Å². The standard InChI is InChI=1S/C13H17IN4/c1-10-8-13(14)16-18(10)9-11-6-7-17(15-11)12-4-2-3-5-12/h6-8,12H,2-5,9H2,1H3. The molecule has 0 unspecified atom stereocenters. The average Bonchev–Trinajstić information content (AvgIpc) is 3.02. The molecule has 2 aromatic rings. The van der Waals surface area contributed by atoms with Crippen LogP contribution in [0, 0.1) is 10.6 Å². The molecule has 96 valence electrons. The predicted molar refractivity (Wildman–Crippen MR) is 78.5 cm³/mol.